The van der Waals surface area contributed by atoms with E-state index in [2.05, 4.69) is 5.32 Å². The van der Waals surface area contributed by atoms with Crippen molar-refractivity contribution >= 4 is 41.7 Å². The maximum Gasteiger partial charge on any atom is 0.416 e. The molecule has 0 spiro atoms. The molecule has 2 aromatic rings. The molecule has 0 heterocycles. The standard InChI is InChI=1S/C20H20ClF3INO3/c1-26-19(27)18(25-9-10-28-2)15-6-4-3-5-13(15)12-29-17-8-7-14(11-16(17)21)20(22,23)24/h3-8,11H,9-10,12H2,1-2H3,(H,26,27). The summed E-state index contributed by atoms with van der Waals surface area (Å²) >= 11 is 5.35. The van der Waals surface area contributed by atoms with Gasteiger partial charge < -0.3 is 14.8 Å². The van der Waals surface area contributed by atoms with Crippen molar-refractivity contribution in [1.29, 1.82) is 0 Å². The third kappa shape index (κ3) is 6.68. The summed E-state index contributed by atoms with van der Waals surface area (Å²) in [6.45, 7) is 0.628. The number of amides is 1. The van der Waals surface area contributed by atoms with Crippen LogP contribution in [0.25, 0.3) is 0 Å². The normalized spacial score (nSPS) is 12.3. The topological polar surface area (TPSA) is 47.6 Å². The van der Waals surface area contributed by atoms with E-state index in [1.165, 1.54) is 6.07 Å². The average molecular weight is 542 g/mol. The monoisotopic (exact) mass is 541 g/mol. The van der Waals surface area contributed by atoms with Crippen LogP contribution in [-0.2, 0) is 22.3 Å². The van der Waals surface area contributed by atoms with E-state index in [1.807, 2.05) is 24.3 Å². The summed E-state index contributed by atoms with van der Waals surface area (Å²) in [4.78, 5) is 12.4. The second-order valence-electron chi connectivity index (χ2n) is 5.80. The fourth-order valence-electron chi connectivity index (χ4n) is 2.38. The number of nitrogens with one attached hydrogen (secondary N) is 1. The molecule has 0 saturated heterocycles. The summed E-state index contributed by atoms with van der Waals surface area (Å²) < 4.78 is 50.6. The highest BCUT2D eigenvalue weighted by Crippen LogP contribution is 2.35. The zero-order chi connectivity index (χ0) is 21.4. The molecule has 29 heavy (non-hydrogen) atoms. The Balaban J connectivity index is 2.27. The lowest BCUT2D eigenvalue weighted by Gasteiger charge is -2.14. The molecule has 0 atom stereocenters. The largest absolute Gasteiger partial charge is 0.487 e. The second kappa shape index (κ2) is 10.9. The van der Waals surface area contributed by atoms with Crippen LogP contribution in [0.5, 0.6) is 5.75 Å². The number of methoxy groups -OCH3 is 1. The van der Waals surface area contributed by atoms with Gasteiger partial charge in [-0.15, -0.1) is 20.7 Å². The second-order valence-corrected chi connectivity index (χ2v) is 9.12. The number of carbonyl (C=O) groups is 1. The van der Waals surface area contributed by atoms with Gasteiger partial charge in [0.2, 0.25) is 0 Å². The van der Waals surface area contributed by atoms with E-state index in [1.54, 1.807) is 14.2 Å². The number of hydrogen-bond acceptors (Lipinski definition) is 3. The van der Waals surface area contributed by atoms with Crippen molar-refractivity contribution in [2.75, 3.05) is 25.2 Å². The Labute approximate surface area is 182 Å². The number of ether oxygens (including phenoxy) is 2. The zero-order valence-corrected chi connectivity index (χ0v) is 18.7. The molecule has 0 aliphatic carbocycles. The summed E-state index contributed by atoms with van der Waals surface area (Å²) in [5, 5.41) is 2.54. The van der Waals surface area contributed by atoms with Gasteiger partial charge in [0.1, 0.15) is 12.4 Å². The number of hydrogen-bond donors (Lipinski definition) is 1. The number of benzene rings is 2. The van der Waals surface area contributed by atoms with E-state index in [0.717, 1.165) is 27.7 Å². The van der Waals surface area contributed by atoms with Gasteiger partial charge in [-0.2, -0.15) is 13.2 Å². The molecule has 0 aliphatic rings. The number of halogens is 5. The predicted octanol–water partition coefficient (Wildman–Crippen LogP) is 4.82. The maximum atomic E-state index is 12.8. The fraction of sp³-hybridized carbons (Fsp3) is 0.300. The highest BCUT2D eigenvalue weighted by atomic mass is 127. The number of likely N-dealkylation sites (N-methyl/N-ethyl adjacent to an activating group) is 1. The van der Waals surface area contributed by atoms with E-state index >= 15 is 0 Å². The Kier molecular flexibility index (Phi) is 8.91. The third-order valence-electron chi connectivity index (χ3n) is 3.83. The van der Waals surface area contributed by atoms with Crippen molar-refractivity contribution in [1.82, 2.24) is 5.32 Å². The molecule has 0 fully saturated rings. The van der Waals surface area contributed by atoms with Crippen LogP contribution in [0, 0.1) is 0 Å². The van der Waals surface area contributed by atoms with E-state index in [4.69, 9.17) is 21.1 Å². The van der Waals surface area contributed by atoms with Crippen molar-refractivity contribution in [3.63, 3.8) is 0 Å². The Hall–Kier alpha value is -1.65. The van der Waals surface area contributed by atoms with Crippen LogP contribution in [0.4, 0.5) is 13.2 Å². The van der Waals surface area contributed by atoms with Crippen LogP contribution >= 0.6 is 32.3 Å². The van der Waals surface area contributed by atoms with E-state index in [0.29, 0.717) is 10.1 Å². The van der Waals surface area contributed by atoms with Crippen LogP contribution in [0.2, 0.25) is 5.02 Å². The molecule has 2 rings (SSSR count). The molecule has 0 aromatic heterocycles. The summed E-state index contributed by atoms with van der Waals surface area (Å²) in [6, 6.07) is 10.2. The number of carbonyl (C=O) groups excluding carboxylic acids is 1. The van der Waals surface area contributed by atoms with Crippen molar-refractivity contribution < 1.29 is 27.4 Å². The van der Waals surface area contributed by atoms with E-state index in [-0.39, 0.29) is 23.3 Å². The minimum absolute atomic E-state index is 0.0652. The van der Waals surface area contributed by atoms with Gasteiger partial charge in [0.15, 0.2) is 0 Å². The number of rotatable bonds is 8. The Morgan fingerprint density at radius 3 is 2.55 bits per heavy atom. The fourth-order valence-corrected chi connectivity index (χ4v) is 5.37. The first kappa shape index (κ1) is 23.6. The van der Waals surface area contributed by atoms with Crippen LogP contribution in [-0.4, -0.2) is 34.6 Å². The van der Waals surface area contributed by atoms with E-state index < -0.39 is 32.5 Å². The lowest BCUT2D eigenvalue weighted by molar-refractivity contribution is -0.137. The summed E-state index contributed by atoms with van der Waals surface area (Å²) in [5.74, 6) is -0.0149. The van der Waals surface area contributed by atoms with Gasteiger partial charge in [-0.1, -0.05) is 35.9 Å². The molecular formula is C20H20ClF3INO3. The first-order valence-electron chi connectivity index (χ1n) is 8.52. The molecule has 0 saturated carbocycles. The lowest BCUT2D eigenvalue weighted by atomic mass is 10.0. The van der Waals surface area contributed by atoms with Crippen molar-refractivity contribution in [2.24, 2.45) is 0 Å². The van der Waals surface area contributed by atoms with Crippen LogP contribution in [0.1, 0.15) is 16.7 Å². The quantitative estimate of drug-likeness (QED) is 0.296. The minimum Gasteiger partial charge on any atom is -0.487 e. The van der Waals surface area contributed by atoms with E-state index in [9.17, 15) is 18.0 Å². The molecule has 0 aliphatic heterocycles. The highest BCUT2D eigenvalue weighted by Gasteiger charge is 2.31. The molecule has 1 amide bonds. The molecular weight excluding hydrogens is 522 g/mol. The van der Waals surface area contributed by atoms with Crippen molar-refractivity contribution in [3.05, 3.63) is 64.2 Å². The van der Waals surface area contributed by atoms with Crippen LogP contribution < -0.4 is 10.1 Å². The van der Waals surface area contributed by atoms with Crippen LogP contribution in [0.15, 0.2) is 42.5 Å². The first-order chi connectivity index (χ1) is 13.8. The Morgan fingerprint density at radius 1 is 1.21 bits per heavy atom. The Bertz CT molecular complexity index is 888. The molecule has 1 N–H and O–H groups in total. The summed E-state index contributed by atoms with van der Waals surface area (Å²) in [6.07, 6.45) is -4.47. The minimum atomic E-state index is -4.47. The summed E-state index contributed by atoms with van der Waals surface area (Å²) in [5.41, 5.74) is 0.673. The zero-order valence-electron chi connectivity index (χ0n) is 15.8. The average Bonchev–Trinajstić information content (AvgIpc) is 2.69. The molecule has 158 valence electrons. The van der Waals surface area contributed by atoms with Gasteiger partial charge in [-0.05, 0) is 29.3 Å². The first-order valence-corrected chi connectivity index (χ1v) is 11.5. The Morgan fingerprint density at radius 2 is 1.93 bits per heavy atom. The van der Waals surface area contributed by atoms with Gasteiger partial charge in [0, 0.05) is 18.6 Å². The molecule has 0 unspecified atom stereocenters. The van der Waals surface area contributed by atoms with Gasteiger partial charge in [0.25, 0.3) is 5.91 Å². The smallest absolute Gasteiger partial charge is 0.416 e. The summed E-state index contributed by atoms with van der Waals surface area (Å²) in [7, 11) is 3.18. The molecule has 9 heteroatoms. The van der Waals surface area contributed by atoms with Crippen LogP contribution in [0.3, 0.4) is 0 Å². The van der Waals surface area contributed by atoms with Gasteiger partial charge in [0.05, 0.1) is 20.7 Å². The third-order valence-corrected chi connectivity index (χ3v) is 6.94. The number of alkyl halides is 4. The molecule has 0 bridgehead atoms. The lowest BCUT2D eigenvalue weighted by Crippen LogP contribution is -2.28. The SMILES string of the molecule is CNC(=O)C(=ICCOC)c1ccccc1COc1ccc(C(F)(F)F)cc1Cl. The molecule has 4 nitrogen and oxygen atoms in total. The predicted molar refractivity (Wildman–Crippen MR) is 116 cm³/mol. The van der Waals surface area contributed by atoms with Crippen molar-refractivity contribution in [2.45, 2.75) is 12.8 Å². The van der Waals surface area contributed by atoms with Gasteiger partial charge in [-0.25, -0.2) is 0 Å². The van der Waals surface area contributed by atoms with Crippen molar-refractivity contribution in [3.8, 4) is 5.75 Å². The highest BCUT2D eigenvalue weighted by molar-refractivity contribution is 14.2. The van der Waals surface area contributed by atoms with Gasteiger partial charge in [-0.3, -0.25) is 4.79 Å². The maximum absolute atomic E-state index is 12.8. The molecule has 0 radical (unpaired) electrons. The molecule has 2 aromatic carbocycles. The van der Waals surface area contributed by atoms with Gasteiger partial charge >= 0.3 is 6.18 Å².